The number of fused-ring (bicyclic) bond motifs is 1. The highest BCUT2D eigenvalue weighted by atomic mass is 19.3. The molecule has 19 heavy (non-hydrogen) atoms. The molecule has 0 saturated carbocycles. The molecule has 0 atom stereocenters. The lowest BCUT2D eigenvalue weighted by molar-refractivity contribution is 0.137. The predicted octanol–water partition coefficient (Wildman–Crippen LogP) is 2.69. The number of aromatic nitrogens is 4. The third-order valence-electron chi connectivity index (χ3n) is 3.32. The van der Waals surface area contributed by atoms with Gasteiger partial charge in [0.25, 0.3) is 6.43 Å². The van der Waals surface area contributed by atoms with Gasteiger partial charge in [-0.3, -0.25) is 0 Å². The maximum atomic E-state index is 12.8. The third-order valence-corrected chi connectivity index (χ3v) is 3.32. The molecule has 0 aliphatic rings. The van der Waals surface area contributed by atoms with Gasteiger partial charge in [0.15, 0.2) is 5.65 Å². The van der Waals surface area contributed by atoms with Crippen molar-refractivity contribution >= 4 is 11.5 Å². The molecule has 2 heterocycles. The zero-order valence-corrected chi connectivity index (χ0v) is 11.2. The Morgan fingerprint density at radius 1 is 1.21 bits per heavy atom. The number of halogens is 2. The van der Waals surface area contributed by atoms with Crippen LogP contribution in [0.2, 0.25) is 0 Å². The first kappa shape index (κ1) is 13.6. The highest BCUT2D eigenvalue weighted by Crippen LogP contribution is 2.20. The van der Waals surface area contributed by atoms with Crippen LogP contribution in [0, 0.1) is 0 Å². The molecule has 104 valence electrons. The summed E-state index contributed by atoms with van der Waals surface area (Å²) in [5, 5.41) is 11.4. The second-order valence-corrected chi connectivity index (χ2v) is 4.40. The van der Waals surface area contributed by atoms with Crippen LogP contribution in [0.15, 0.2) is 12.1 Å². The molecule has 0 aromatic carbocycles. The van der Waals surface area contributed by atoms with Crippen molar-refractivity contribution in [3.63, 3.8) is 0 Å². The number of anilines is 1. The summed E-state index contributed by atoms with van der Waals surface area (Å²) >= 11 is 0. The number of rotatable bonds is 5. The van der Waals surface area contributed by atoms with E-state index in [2.05, 4.69) is 29.1 Å². The highest BCUT2D eigenvalue weighted by Gasteiger charge is 2.19. The average Bonchev–Trinajstić information content (AvgIpc) is 2.82. The van der Waals surface area contributed by atoms with Gasteiger partial charge in [-0.15, -0.1) is 15.3 Å². The molecule has 2 aromatic rings. The summed E-state index contributed by atoms with van der Waals surface area (Å²) in [6.45, 7) is 4.18. The minimum Gasteiger partial charge on any atom is -0.355 e. The van der Waals surface area contributed by atoms with Crippen molar-refractivity contribution in [2.45, 2.75) is 39.2 Å². The smallest absolute Gasteiger partial charge is 0.299 e. The van der Waals surface area contributed by atoms with Crippen molar-refractivity contribution in [1.29, 1.82) is 0 Å². The quantitative estimate of drug-likeness (QED) is 0.837. The molecule has 2 aromatic heterocycles. The molecule has 0 saturated heterocycles. The number of hydrogen-bond acceptors (Lipinski definition) is 4. The standard InChI is InChI=1S/C12H17F2N5/c1-4-8(5-2)18(3)10-7-6-9-15-16-12(11(13)14)19(9)17-10/h6-8,11H,4-5H2,1-3H3. The summed E-state index contributed by atoms with van der Waals surface area (Å²) in [5.41, 5.74) is 0.331. The maximum absolute atomic E-state index is 12.8. The van der Waals surface area contributed by atoms with Crippen molar-refractivity contribution in [2.75, 3.05) is 11.9 Å². The second-order valence-electron chi connectivity index (χ2n) is 4.40. The van der Waals surface area contributed by atoms with Crippen molar-refractivity contribution < 1.29 is 8.78 Å². The second kappa shape index (κ2) is 5.46. The van der Waals surface area contributed by atoms with Gasteiger partial charge in [0.05, 0.1) is 0 Å². The van der Waals surface area contributed by atoms with Gasteiger partial charge in [-0.1, -0.05) is 13.8 Å². The lowest BCUT2D eigenvalue weighted by Gasteiger charge is -2.27. The van der Waals surface area contributed by atoms with E-state index in [0.29, 0.717) is 17.5 Å². The highest BCUT2D eigenvalue weighted by molar-refractivity contribution is 5.46. The largest absolute Gasteiger partial charge is 0.355 e. The summed E-state index contributed by atoms with van der Waals surface area (Å²) in [6, 6.07) is 3.76. The van der Waals surface area contributed by atoms with Gasteiger partial charge < -0.3 is 4.90 Å². The zero-order valence-electron chi connectivity index (χ0n) is 11.2. The predicted molar refractivity (Wildman–Crippen MR) is 68.5 cm³/mol. The molecule has 0 radical (unpaired) electrons. The number of alkyl halides is 2. The first-order valence-electron chi connectivity index (χ1n) is 6.31. The summed E-state index contributed by atoms with van der Waals surface area (Å²) in [6.07, 6.45) is -0.746. The van der Waals surface area contributed by atoms with E-state index in [1.807, 2.05) is 11.9 Å². The molecule has 5 nitrogen and oxygen atoms in total. The van der Waals surface area contributed by atoms with Gasteiger partial charge in [-0.25, -0.2) is 8.78 Å². The fourth-order valence-corrected chi connectivity index (χ4v) is 2.14. The van der Waals surface area contributed by atoms with Crippen LogP contribution in [0.4, 0.5) is 14.6 Å². The Morgan fingerprint density at radius 3 is 2.47 bits per heavy atom. The minimum absolute atomic E-state index is 0.330. The number of hydrogen-bond donors (Lipinski definition) is 0. The third kappa shape index (κ3) is 2.50. The Bertz CT molecular complexity index is 550. The van der Waals surface area contributed by atoms with Gasteiger partial charge in [0.1, 0.15) is 5.82 Å². The lowest BCUT2D eigenvalue weighted by atomic mass is 10.1. The molecule has 0 aliphatic carbocycles. The Kier molecular flexibility index (Phi) is 3.92. The van der Waals surface area contributed by atoms with Crippen molar-refractivity contribution in [3.8, 4) is 0 Å². The molecule has 0 fully saturated rings. The van der Waals surface area contributed by atoms with Crippen LogP contribution in [0.1, 0.15) is 38.9 Å². The summed E-state index contributed by atoms with van der Waals surface area (Å²) < 4.78 is 26.7. The summed E-state index contributed by atoms with van der Waals surface area (Å²) in [4.78, 5) is 1.99. The van der Waals surface area contributed by atoms with E-state index in [-0.39, 0.29) is 0 Å². The summed E-state index contributed by atoms with van der Waals surface area (Å²) in [7, 11) is 1.91. The van der Waals surface area contributed by atoms with E-state index in [1.165, 1.54) is 0 Å². The maximum Gasteiger partial charge on any atom is 0.299 e. The van der Waals surface area contributed by atoms with E-state index < -0.39 is 12.2 Å². The van der Waals surface area contributed by atoms with Gasteiger partial charge in [-0.2, -0.15) is 4.52 Å². The van der Waals surface area contributed by atoms with Gasteiger partial charge in [-0.05, 0) is 25.0 Å². The van der Waals surface area contributed by atoms with Crippen LogP contribution in [-0.4, -0.2) is 32.9 Å². The van der Waals surface area contributed by atoms with Crippen LogP contribution in [0.3, 0.4) is 0 Å². The van der Waals surface area contributed by atoms with Crippen molar-refractivity contribution in [3.05, 3.63) is 18.0 Å². The molecule has 0 amide bonds. The van der Waals surface area contributed by atoms with E-state index in [9.17, 15) is 8.78 Å². The van der Waals surface area contributed by atoms with Gasteiger partial charge >= 0.3 is 0 Å². The molecule has 0 unspecified atom stereocenters. The van der Waals surface area contributed by atoms with Crippen LogP contribution < -0.4 is 4.90 Å². The Balaban J connectivity index is 2.42. The van der Waals surface area contributed by atoms with Crippen molar-refractivity contribution in [2.24, 2.45) is 0 Å². The average molecular weight is 269 g/mol. The fraction of sp³-hybridized carbons (Fsp3) is 0.583. The van der Waals surface area contributed by atoms with Crippen LogP contribution in [0.5, 0.6) is 0 Å². The monoisotopic (exact) mass is 269 g/mol. The van der Waals surface area contributed by atoms with Crippen molar-refractivity contribution in [1.82, 2.24) is 19.8 Å². The Labute approximate surface area is 110 Å². The first-order valence-corrected chi connectivity index (χ1v) is 6.31. The van der Waals surface area contributed by atoms with E-state index in [1.54, 1.807) is 12.1 Å². The molecule has 0 aliphatic heterocycles. The molecule has 0 spiro atoms. The van der Waals surface area contributed by atoms with E-state index >= 15 is 0 Å². The molecular formula is C12H17F2N5. The fourth-order valence-electron chi connectivity index (χ4n) is 2.14. The van der Waals surface area contributed by atoms with Crippen LogP contribution in [-0.2, 0) is 0 Å². The minimum atomic E-state index is -2.68. The lowest BCUT2D eigenvalue weighted by Crippen LogP contribution is -2.31. The zero-order chi connectivity index (χ0) is 14.0. The van der Waals surface area contributed by atoms with Crippen LogP contribution in [0.25, 0.3) is 5.65 Å². The molecular weight excluding hydrogens is 252 g/mol. The topological polar surface area (TPSA) is 46.3 Å². The first-order chi connectivity index (χ1) is 9.08. The van der Waals surface area contributed by atoms with E-state index in [0.717, 1.165) is 17.4 Å². The molecule has 2 rings (SSSR count). The summed E-state index contributed by atoms with van der Waals surface area (Å²) in [5.74, 6) is 0.220. The van der Waals surface area contributed by atoms with E-state index in [4.69, 9.17) is 0 Å². The molecule has 7 heteroatoms. The number of nitrogens with zero attached hydrogens (tertiary/aromatic N) is 5. The molecule has 0 bridgehead atoms. The Hall–Kier alpha value is -1.79. The van der Waals surface area contributed by atoms with Gasteiger partial charge in [0, 0.05) is 13.1 Å². The SMILES string of the molecule is CCC(CC)N(C)c1ccc2nnc(C(F)F)n2n1. The Morgan fingerprint density at radius 2 is 1.89 bits per heavy atom. The van der Waals surface area contributed by atoms with Crippen LogP contribution >= 0.6 is 0 Å². The molecule has 0 N–H and O–H groups in total. The normalized spacial score (nSPS) is 11.7. The van der Waals surface area contributed by atoms with Gasteiger partial charge in [0.2, 0.25) is 5.82 Å².